The maximum absolute atomic E-state index is 12.1. The lowest BCUT2D eigenvalue weighted by molar-refractivity contribution is 0.0956. The Kier molecular flexibility index (Phi) is 6.76. The monoisotopic (exact) mass is 362 g/mol. The van der Waals surface area contributed by atoms with Gasteiger partial charge in [-0.15, -0.1) is 0 Å². The Labute approximate surface area is 150 Å². The number of anilines is 2. The molecule has 3 N–H and O–H groups in total. The average Bonchev–Trinajstić information content (AvgIpc) is 2.95. The molecule has 1 aromatic heterocycles. The molecule has 0 radical (unpaired) electrons. The molecule has 7 nitrogen and oxygen atoms in total. The fraction of sp³-hybridized carbons (Fsp3) is 0.353. The van der Waals surface area contributed by atoms with E-state index in [9.17, 15) is 9.59 Å². The molecule has 134 valence electrons. The predicted molar refractivity (Wildman–Crippen MR) is 99.7 cm³/mol. The molecule has 0 bridgehead atoms. The SMILES string of the molecule is CCCCNC(=O)c1sc(NC(=O)Nc2ccccc2OC)nc1C. The average molecular weight is 362 g/mol. The van der Waals surface area contributed by atoms with Gasteiger partial charge in [0.1, 0.15) is 10.6 Å². The van der Waals surface area contributed by atoms with E-state index < -0.39 is 6.03 Å². The van der Waals surface area contributed by atoms with Gasteiger partial charge in [-0.05, 0) is 25.5 Å². The molecular weight excluding hydrogens is 340 g/mol. The zero-order valence-corrected chi connectivity index (χ0v) is 15.3. The number of ether oxygens (including phenoxy) is 1. The molecule has 3 amide bonds. The first-order valence-corrected chi connectivity index (χ1v) is 8.83. The summed E-state index contributed by atoms with van der Waals surface area (Å²) >= 11 is 1.15. The number of nitrogens with one attached hydrogen (secondary N) is 3. The summed E-state index contributed by atoms with van der Waals surface area (Å²) in [6.07, 6.45) is 1.94. The Hall–Kier alpha value is -2.61. The molecule has 0 aliphatic heterocycles. The third-order valence-electron chi connectivity index (χ3n) is 3.39. The van der Waals surface area contributed by atoms with Crippen molar-refractivity contribution in [3.8, 4) is 5.75 Å². The van der Waals surface area contributed by atoms with E-state index >= 15 is 0 Å². The fourth-order valence-electron chi connectivity index (χ4n) is 2.12. The van der Waals surface area contributed by atoms with Gasteiger partial charge in [-0.2, -0.15) is 0 Å². The number of carbonyl (C=O) groups is 2. The van der Waals surface area contributed by atoms with E-state index in [2.05, 4.69) is 27.9 Å². The highest BCUT2D eigenvalue weighted by molar-refractivity contribution is 7.17. The number of nitrogens with zero attached hydrogens (tertiary/aromatic N) is 1. The fourth-order valence-corrected chi connectivity index (χ4v) is 3.00. The summed E-state index contributed by atoms with van der Waals surface area (Å²) in [5.74, 6) is 0.394. The second-order valence-corrected chi connectivity index (χ2v) is 6.32. The molecule has 0 fully saturated rings. The Bertz CT molecular complexity index is 745. The standard InChI is InChI=1S/C17H22N4O3S/c1-4-5-10-18-15(22)14-11(2)19-17(25-14)21-16(23)20-12-8-6-7-9-13(12)24-3/h6-9H,4-5,10H2,1-3H3,(H,18,22)(H2,19,20,21,23). The molecule has 0 aliphatic rings. The first-order valence-electron chi connectivity index (χ1n) is 8.01. The number of carbonyl (C=O) groups excluding carboxylic acids is 2. The molecule has 8 heteroatoms. The highest BCUT2D eigenvalue weighted by Crippen LogP contribution is 2.25. The molecular formula is C17H22N4O3S. The lowest BCUT2D eigenvalue weighted by Gasteiger charge is -2.09. The van der Waals surface area contributed by atoms with Gasteiger partial charge >= 0.3 is 6.03 Å². The van der Waals surface area contributed by atoms with Crippen LogP contribution >= 0.6 is 11.3 Å². The summed E-state index contributed by atoms with van der Waals surface area (Å²) in [7, 11) is 1.53. The van der Waals surface area contributed by atoms with Gasteiger partial charge in [-0.25, -0.2) is 9.78 Å². The van der Waals surface area contributed by atoms with Crippen molar-refractivity contribution in [3.05, 3.63) is 34.8 Å². The first-order chi connectivity index (χ1) is 12.0. The lowest BCUT2D eigenvalue weighted by Crippen LogP contribution is -2.24. The van der Waals surface area contributed by atoms with Crippen molar-refractivity contribution in [2.75, 3.05) is 24.3 Å². The van der Waals surface area contributed by atoms with E-state index in [1.165, 1.54) is 7.11 Å². The molecule has 0 saturated carbocycles. The summed E-state index contributed by atoms with van der Waals surface area (Å²) in [5, 5.41) is 8.56. The summed E-state index contributed by atoms with van der Waals surface area (Å²) in [6.45, 7) is 4.44. The third-order valence-corrected chi connectivity index (χ3v) is 4.47. The smallest absolute Gasteiger partial charge is 0.325 e. The normalized spacial score (nSPS) is 10.2. The van der Waals surface area contributed by atoms with Crippen LogP contribution in [0.15, 0.2) is 24.3 Å². The van der Waals surface area contributed by atoms with Gasteiger partial charge in [0, 0.05) is 6.54 Å². The zero-order chi connectivity index (χ0) is 18.2. The van der Waals surface area contributed by atoms with Crippen LogP contribution in [0.5, 0.6) is 5.75 Å². The van der Waals surface area contributed by atoms with Gasteiger partial charge < -0.3 is 15.4 Å². The van der Waals surface area contributed by atoms with Crippen molar-refractivity contribution >= 4 is 34.1 Å². The van der Waals surface area contributed by atoms with Crippen LogP contribution in [0.1, 0.15) is 35.1 Å². The van der Waals surface area contributed by atoms with Crippen molar-refractivity contribution in [3.63, 3.8) is 0 Å². The van der Waals surface area contributed by atoms with Gasteiger partial charge in [0.2, 0.25) is 0 Å². The van der Waals surface area contributed by atoms with Gasteiger partial charge in [-0.3, -0.25) is 10.1 Å². The van der Waals surface area contributed by atoms with Crippen LogP contribution < -0.4 is 20.7 Å². The summed E-state index contributed by atoms with van der Waals surface area (Å²) in [5.41, 5.74) is 1.14. The van der Waals surface area contributed by atoms with E-state index in [1.54, 1.807) is 25.1 Å². The summed E-state index contributed by atoms with van der Waals surface area (Å²) < 4.78 is 5.19. The molecule has 1 aromatic carbocycles. The zero-order valence-electron chi connectivity index (χ0n) is 14.5. The largest absolute Gasteiger partial charge is 0.495 e. The van der Waals surface area contributed by atoms with E-state index in [0.29, 0.717) is 33.7 Å². The Morgan fingerprint density at radius 1 is 1.24 bits per heavy atom. The van der Waals surface area contributed by atoms with E-state index in [1.807, 2.05) is 6.07 Å². The number of urea groups is 1. The second-order valence-electron chi connectivity index (χ2n) is 5.32. The molecule has 2 aromatic rings. The van der Waals surface area contributed by atoms with Crippen molar-refractivity contribution in [2.45, 2.75) is 26.7 Å². The number of unbranched alkanes of at least 4 members (excludes halogenated alkanes) is 1. The topological polar surface area (TPSA) is 92.4 Å². The molecule has 0 atom stereocenters. The number of amides is 3. The van der Waals surface area contributed by atoms with Crippen LogP contribution in [0.25, 0.3) is 0 Å². The van der Waals surface area contributed by atoms with E-state index in [4.69, 9.17) is 4.74 Å². The minimum atomic E-state index is -0.448. The van der Waals surface area contributed by atoms with Crippen LogP contribution in [0, 0.1) is 6.92 Å². The summed E-state index contributed by atoms with van der Waals surface area (Å²) in [6, 6.07) is 6.65. The quantitative estimate of drug-likeness (QED) is 0.656. The van der Waals surface area contributed by atoms with Gasteiger partial charge in [0.15, 0.2) is 5.13 Å². The maximum Gasteiger partial charge on any atom is 0.325 e. The van der Waals surface area contributed by atoms with Crippen molar-refractivity contribution < 1.29 is 14.3 Å². The Balaban J connectivity index is 1.99. The van der Waals surface area contributed by atoms with Gasteiger partial charge in [-0.1, -0.05) is 36.8 Å². The molecule has 0 aliphatic carbocycles. The molecule has 2 rings (SSSR count). The highest BCUT2D eigenvalue weighted by Gasteiger charge is 2.16. The molecule has 0 spiro atoms. The van der Waals surface area contributed by atoms with Crippen molar-refractivity contribution in [2.24, 2.45) is 0 Å². The van der Waals surface area contributed by atoms with Crippen molar-refractivity contribution in [1.82, 2.24) is 10.3 Å². The predicted octanol–water partition coefficient (Wildman–Crippen LogP) is 3.63. The summed E-state index contributed by atoms with van der Waals surface area (Å²) in [4.78, 5) is 29.0. The number of hydrogen-bond acceptors (Lipinski definition) is 5. The van der Waals surface area contributed by atoms with Crippen LogP contribution in [0.2, 0.25) is 0 Å². The molecule has 0 unspecified atom stereocenters. The Morgan fingerprint density at radius 2 is 2.00 bits per heavy atom. The number of hydrogen-bond donors (Lipinski definition) is 3. The van der Waals surface area contributed by atoms with Crippen LogP contribution in [0.4, 0.5) is 15.6 Å². The van der Waals surface area contributed by atoms with Crippen LogP contribution in [-0.2, 0) is 0 Å². The number of benzene rings is 1. The number of methoxy groups -OCH3 is 1. The van der Waals surface area contributed by atoms with Crippen LogP contribution in [0.3, 0.4) is 0 Å². The van der Waals surface area contributed by atoms with E-state index in [-0.39, 0.29) is 5.91 Å². The number of para-hydroxylation sites is 2. The van der Waals surface area contributed by atoms with Gasteiger partial charge in [0.05, 0.1) is 18.5 Å². The number of thiazole rings is 1. The third kappa shape index (κ3) is 5.18. The van der Waals surface area contributed by atoms with Gasteiger partial charge in [0.25, 0.3) is 5.91 Å². The van der Waals surface area contributed by atoms with Crippen molar-refractivity contribution in [1.29, 1.82) is 0 Å². The number of aryl methyl sites for hydroxylation is 1. The number of aromatic nitrogens is 1. The molecule has 0 saturated heterocycles. The second kappa shape index (κ2) is 9.03. The maximum atomic E-state index is 12.1. The highest BCUT2D eigenvalue weighted by atomic mass is 32.1. The minimum absolute atomic E-state index is 0.165. The Morgan fingerprint density at radius 3 is 2.72 bits per heavy atom. The first kappa shape index (κ1) is 18.7. The lowest BCUT2D eigenvalue weighted by atomic mass is 10.3. The molecule has 25 heavy (non-hydrogen) atoms. The minimum Gasteiger partial charge on any atom is -0.495 e. The molecule has 1 heterocycles. The van der Waals surface area contributed by atoms with E-state index in [0.717, 1.165) is 24.2 Å². The van der Waals surface area contributed by atoms with Crippen LogP contribution in [-0.4, -0.2) is 30.6 Å². The number of rotatable bonds is 7.